The number of nitrogens with zero attached hydrogens (tertiary/aromatic N) is 5. The van der Waals surface area contributed by atoms with Gasteiger partial charge in [-0.25, -0.2) is 19.9 Å². The highest BCUT2D eigenvalue weighted by Gasteiger charge is 2.12. The van der Waals surface area contributed by atoms with Gasteiger partial charge < -0.3 is 10.6 Å². The van der Waals surface area contributed by atoms with Gasteiger partial charge in [0.25, 0.3) is 0 Å². The Morgan fingerprint density at radius 2 is 1.65 bits per heavy atom. The van der Waals surface area contributed by atoms with Gasteiger partial charge >= 0.3 is 0 Å². The zero-order chi connectivity index (χ0) is 16.7. The molecule has 0 amide bonds. The van der Waals surface area contributed by atoms with Gasteiger partial charge in [-0.1, -0.05) is 0 Å². The fraction of sp³-hybridized carbons (Fsp3) is 0.500. The van der Waals surface area contributed by atoms with Crippen molar-refractivity contribution in [3.63, 3.8) is 0 Å². The van der Waals surface area contributed by atoms with Crippen molar-refractivity contribution in [2.24, 2.45) is 0 Å². The molecule has 0 saturated carbocycles. The predicted molar refractivity (Wildman–Crippen MR) is 92.8 cm³/mol. The van der Waals surface area contributed by atoms with Gasteiger partial charge in [-0.05, 0) is 33.8 Å². The Bertz CT molecular complexity index is 578. The Hall–Kier alpha value is -2.28. The molecule has 2 N–H and O–H groups in total. The van der Waals surface area contributed by atoms with Crippen LogP contribution in [0, 0.1) is 0 Å². The van der Waals surface area contributed by atoms with E-state index in [1.54, 1.807) is 12.3 Å². The number of aromatic nitrogens is 4. The van der Waals surface area contributed by atoms with Gasteiger partial charge in [-0.3, -0.25) is 4.90 Å². The summed E-state index contributed by atoms with van der Waals surface area (Å²) in [5.41, 5.74) is 0. The van der Waals surface area contributed by atoms with E-state index in [4.69, 9.17) is 0 Å². The molecule has 2 rings (SSSR count). The summed E-state index contributed by atoms with van der Waals surface area (Å²) in [6, 6.07) is 4.71. The van der Waals surface area contributed by atoms with Crippen LogP contribution in [-0.2, 0) is 0 Å². The maximum atomic E-state index is 4.25. The molecule has 0 aliphatic carbocycles. The lowest BCUT2D eigenvalue weighted by Gasteiger charge is -2.30. The van der Waals surface area contributed by atoms with Gasteiger partial charge in [0.2, 0.25) is 0 Å². The fourth-order valence-electron chi connectivity index (χ4n) is 2.44. The van der Waals surface area contributed by atoms with Crippen molar-refractivity contribution in [3.05, 3.63) is 31.0 Å². The first-order chi connectivity index (χ1) is 11.1. The monoisotopic (exact) mass is 315 g/mol. The number of rotatable bonds is 8. The molecule has 0 atom stereocenters. The molecule has 2 aromatic rings. The minimum absolute atomic E-state index is 0.525. The molecule has 0 radical (unpaired) electrons. The standard InChI is InChI=1S/C16H25N7/c1-12(2)23(13(3)4)8-7-18-15-9-16(21-11-20-15)22-14-5-6-17-10-19-14/h5-6,9-13H,7-8H2,1-4H3,(H2,17,18,19,20,21,22). The normalized spacial score (nSPS) is 11.3. The maximum absolute atomic E-state index is 4.25. The average molecular weight is 315 g/mol. The molecule has 0 saturated heterocycles. The SMILES string of the molecule is CC(C)N(CCNc1cc(Nc2ccncn2)ncn1)C(C)C. The van der Waals surface area contributed by atoms with Crippen LogP contribution in [0.5, 0.6) is 0 Å². The Morgan fingerprint density at radius 1 is 0.957 bits per heavy atom. The number of hydrogen-bond donors (Lipinski definition) is 2. The highest BCUT2D eigenvalue weighted by molar-refractivity contribution is 5.54. The van der Waals surface area contributed by atoms with Crippen molar-refractivity contribution in [1.82, 2.24) is 24.8 Å². The Balaban J connectivity index is 1.90. The average Bonchev–Trinajstić information content (AvgIpc) is 2.52. The van der Waals surface area contributed by atoms with Crippen LogP contribution in [0.2, 0.25) is 0 Å². The first-order valence-electron chi connectivity index (χ1n) is 7.91. The lowest BCUT2D eigenvalue weighted by atomic mass is 10.2. The molecular formula is C16H25N7. The van der Waals surface area contributed by atoms with Gasteiger partial charge in [-0.2, -0.15) is 0 Å². The number of hydrogen-bond acceptors (Lipinski definition) is 7. The summed E-state index contributed by atoms with van der Waals surface area (Å²) < 4.78 is 0. The maximum Gasteiger partial charge on any atom is 0.137 e. The molecule has 124 valence electrons. The van der Waals surface area contributed by atoms with Crippen molar-refractivity contribution in [2.45, 2.75) is 39.8 Å². The van der Waals surface area contributed by atoms with E-state index in [1.165, 1.54) is 12.7 Å². The van der Waals surface area contributed by atoms with Gasteiger partial charge in [-0.15, -0.1) is 0 Å². The van der Waals surface area contributed by atoms with Crippen LogP contribution in [0.15, 0.2) is 31.0 Å². The van der Waals surface area contributed by atoms with E-state index in [0.29, 0.717) is 23.7 Å². The third kappa shape index (κ3) is 5.45. The number of anilines is 3. The highest BCUT2D eigenvalue weighted by Crippen LogP contribution is 2.13. The van der Waals surface area contributed by atoms with Crippen LogP contribution in [0.25, 0.3) is 0 Å². The number of nitrogens with one attached hydrogen (secondary N) is 2. The minimum Gasteiger partial charge on any atom is -0.369 e. The third-order valence-electron chi connectivity index (χ3n) is 3.51. The van der Waals surface area contributed by atoms with Gasteiger partial charge in [0.05, 0.1) is 0 Å². The summed E-state index contributed by atoms with van der Waals surface area (Å²) in [6.45, 7) is 10.7. The summed E-state index contributed by atoms with van der Waals surface area (Å²) in [7, 11) is 0. The molecule has 0 fully saturated rings. The zero-order valence-electron chi connectivity index (χ0n) is 14.2. The lowest BCUT2D eigenvalue weighted by molar-refractivity contribution is 0.182. The van der Waals surface area contributed by atoms with E-state index in [-0.39, 0.29) is 0 Å². The molecule has 0 aromatic carbocycles. The Labute approximate surface area is 137 Å². The van der Waals surface area contributed by atoms with E-state index in [9.17, 15) is 0 Å². The van der Waals surface area contributed by atoms with Gasteiger partial charge in [0.1, 0.15) is 30.1 Å². The predicted octanol–water partition coefficient (Wildman–Crippen LogP) is 2.54. The van der Waals surface area contributed by atoms with Crippen molar-refractivity contribution in [2.75, 3.05) is 23.7 Å². The quantitative estimate of drug-likeness (QED) is 0.775. The van der Waals surface area contributed by atoms with Crippen molar-refractivity contribution in [1.29, 1.82) is 0 Å². The molecule has 0 spiro atoms. The summed E-state index contributed by atoms with van der Waals surface area (Å²) in [5.74, 6) is 2.20. The van der Waals surface area contributed by atoms with Crippen molar-refractivity contribution >= 4 is 17.5 Å². The largest absolute Gasteiger partial charge is 0.369 e. The molecule has 0 aliphatic rings. The zero-order valence-corrected chi connectivity index (χ0v) is 14.2. The molecule has 2 heterocycles. The topological polar surface area (TPSA) is 78.9 Å². The molecule has 0 unspecified atom stereocenters. The van der Waals surface area contributed by atoms with Crippen molar-refractivity contribution in [3.8, 4) is 0 Å². The first kappa shape index (κ1) is 17.1. The summed E-state index contributed by atoms with van der Waals surface area (Å²) >= 11 is 0. The van der Waals surface area contributed by atoms with Crippen LogP contribution in [0.3, 0.4) is 0 Å². The van der Waals surface area contributed by atoms with E-state index >= 15 is 0 Å². The fourth-order valence-corrected chi connectivity index (χ4v) is 2.44. The van der Waals surface area contributed by atoms with Crippen LogP contribution < -0.4 is 10.6 Å². The second-order valence-corrected chi connectivity index (χ2v) is 5.86. The van der Waals surface area contributed by atoms with E-state index in [0.717, 1.165) is 18.9 Å². The molecule has 0 bridgehead atoms. The van der Waals surface area contributed by atoms with Crippen LogP contribution in [0.4, 0.5) is 17.5 Å². The van der Waals surface area contributed by atoms with Crippen LogP contribution in [-0.4, -0.2) is 50.0 Å². The highest BCUT2D eigenvalue weighted by atomic mass is 15.2. The smallest absolute Gasteiger partial charge is 0.137 e. The van der Waals surface area contributed by atoms with E-state index in [2.05, 4.69) is 63.2 Å². The molecule has 0 aliphatic heterocycles. The Morgan fingerprint density at radius 3 is 2.30 bits per heavy atom. The summed E-state index contributed by atoms with van der Waals surface area (Å²) in [4.78, 5) is 18.9. The van der Waals surface area contributed by atoms with E-state index in [1.807, 2.05) is 6.07 Å². The summed E-state index contributed by atoms with van der Waals surface area (Å²) in [5, 5.41) is 6.47. The van der Waals surface area contributed by atoms with E-state index < -0.39 is 0 Å². The van der Waals surface area contributed by atoms with Crippen molar-refractivity contribution < 1.29 is 0 Å². The van der Waals surface area contributed by atoms with Crippen LogP contribution >= 0.6 is 0 Å². The lowest BCUT2D eigenvalue weighted by Crippen LogP contribution is -2.40. The first-order valence-corrected chi connectivity index (χ1v) is 7.91. The Kier molecular flexibility index (Phi) is 6.22. The minimum atomic E-state index is 0.525. The molecule has 2 aromatic heterocycles. The second kappa shape index (κ2) is 8.38. The molecular weight excluding hydrogens is 290 g/mol. The second-order valence-electron chi connectivity index (χ2n) is 5.86. The molecule has 7 heteroatoms. The van der Waals surface area contributed by atoms with Gasteiger partial charge in [0, 0.05) is 37.4 Å². The van der Waals surface area contributed by atoms with Crippen LogP contribution in [0.1, 0.15) is 27.7 Å². The molecule has 7 nitrogen and oxygen atoms in total. The third-order valence-corrected chi connectivity index (χ3v) is 3.51. The van der Waals surface area contributed by atoms with Gasteiger partial charge in [0.15, 0.2) is 0 Å². The molecule has 23 heavy (non-hydrogen) atoms. The summed E-state index contributed by atoms with van der Waals surface area (Å²) in [6.07, 6.45) is 4.71.